The number of hydrogen-bond donors (Lipinski definition) is 0. The fourth-order valence-corrected chi connectivity index (χ4v) is 4.57. The first-order valence-corrected chi connectivity index (χ1v) is 10.8. The summed E-state index contributed by atoms with van der Waals surface area (Å²) in [7, 11) is 0. The molecule has 0 aliphatic carbocycles. The van der Waals surface area contributed by atoms with E-state index >= 15 is 0 Å². The van der Waals surface area contributed by atoms with Crippen LogP contribution in [-0.4, -0.2) is 21.0 Å². The summed E-state index contributed by atoms with van der Waals surface area (Å²) < 4.78 is 3.18. The smallest absolute Gasteiger partial charge is 0.195 e. The molecule has 29 heavy (non-hydrogen) atoms. The van der Waals surface area contributed by atoms with Gasteiger partial charge in [-0.1, -0.05) is 47.6 Å². The maximum absolute atomic E-state index is 12.5. The lowest BCUT2D eigenvalue weighted by molar-refractivity contribution is -0.117. The van der Waals surface area contributed by atoms with Crippen molar-refractivity contribution in [2.45, 2.75) is 46.0 Å². The highest BCUT2D eigenvalue weighted by atomic mass is 32.1. The SMILES string of the molecule is CC(=O)CCCCCC(=O)c1ccc2c(c1)sc1nc(-c3ccc(C)cc3)cn12. The van der Waals surface area contributed by atoms with Crippen molar-refractivity contribution in [3.05, 3.63) is 59.8 Å². The van der Waals surface area contributed by atoms with E-state index in [2.05, 4.69) is 41.8 Å². The predicted molar refractivity (Wildman–Crippen MR) is 119 cm³/mol. The van der Waals surface area contributed by atoms with E-state index in [1.807, 2.05) is 18.2 Å². The molecule has 0 atom stereocenters. The third kappa shape index (κ3) is 4.30. The molecule has 0 unspecified atom stereocenters. The first kappa shape index (κ1) is 19.5. The third-order valence-electron chi connectivity index (χ3n) is 5.20. The van der Waals surface area contributed by atoms with Gasteiger partial charge in [-0.3, -0.25) is 9.20 Å². The molecule has 0 aliphatic rings. The van der Waals surface area contributed by atoms with E-state index in [9.17, 15) is 9.59 Å². The van der Waals surface area contributed by atoms with Crippen LogP contribution in [0.15, 0.2) is 48.7 Å². The van der Waals surface area contributed by atoms with Gasteiger partial charge in [-0.25, -0.2) is 4.98 Å². The van der Waals surface area contributed by atoms with E-state index in [0.717, 1.165) is 51.3 Å². The number of Topliss-reactive ketones (excluding diaryl/α,β-unsaturated/α-hetero) is 2. The lowest BCUT2D eigenvalue weighted by Gasteiger charge is -2.02. The van der Waals surface area contributed by atoms with E-state index in [0.29, 0.717) is 12.8 Å². The van der Waals surface area contributed by atoms with Crippen LogP contribution in [0.4, 0.5) is 0 Å². The molecule has 4 nitrogen and oxygen atoms in total. The van der Waals surface area contributed by atoms with Crippen molar-refractivity contribution in [1.29, 1.82) is 0 Å². The minimum atomic E-state index is 0.168. The monoisotopic (exact) mass is 404 g/mol. The van der Waals surface area contributed by atoms with Crippen LogP contribution in [0, 0.1) is 6.92 Å². The first-order chi connectivity index (χ1) is 14.0. The Kier molecular flexibility index (Phi) is 5.58. The molecule has 0 saturated carbocycles. The maximum Gasteiger partial charge on any atom is 0.195 e. The van der Waals surface area contributed by atoms with Crippen LogP contribution in [0.5, 0.6) is 0 Å². The second-order valence-electron chi connectivity index (χ2n) is 7.62. The van der Waals surface area contributed by atoms with E-state index in [1.165, 1.54) is 5.56 Å². The number of nitrogens with zero attached hydrogens (tertiary/aromatic N) is 2. The fraction of sp³-hybridized carbons (Fsp3) is 0.292. The van der Waals surface area contributed by atoms with Crippen molar-refractivity contribution in [2.75, 3.05) is 0 Å². The van der Waals surface area contributed by atoms with E-state index < -0.39 is 0 Å². The third-order valence-corrected chi connectivity index (χ3v) is 6.21. The van der Waals surface area contributed by atoms with Crippen LogP contribution in [0.1, 0.15) is 54.9 Å². The average Bonchev–Trinajstić information content (AvgIpc) is 3.25. The second-order valence-corrected chi connectivity index (χ2v) is 8.62. The Morgan fingerprint density at radius 1 is 1.00 bits per heavy atom. The maximum atomic E-state index is 12.5. The van der Waals surface area contributed by atoms with Crippen LogP contribution in [0.3, 0.4) is 0 Å². The van der Waals surface area contributed by atoms with Crippen LogP contribution >= 0.6 is 11.3 Å². The Morgan fingerprint density at radius 2 is 1.76 bits per heavy atom. The zero-order valence-electron chi connectivity index (χ0n) is 16.8. The highest BCUT2D eigenvalue weighted by Gasteiger charge is 2.13. The van der Waals surface area contributed by atoms with Gasteiger partial charge in [-0.05, 0) is 44.9 Å². The van der Waals surface area contributed by atoms with Gasteiger partial charge in [0.05, 0.1) is 15.9 Å². The summed E-state index contributed by atoms with van der Waals surface area (Å²) in [6, 6.07) is 14.3. The van der Waals surface area contributed by atoms with Crippen molar-refractivity contribution in [1.82, 2.24) is 9.38 Å². The van der Waals surface area contributed by atoms with Crippen molar-refractivity contribution in [3.63, 3.8) is 0 Å². The molecule has 148 valence electrons. The summed E-state index contributed by atoms with van der Waals surface area (Å²) in [5, 5.41) is 0. The molecule has 2 aromatic heterocycles. The summed E-state index contributed by atoms with van der Waals surface area (Å²) in [5.41, 5.74) is 5.14. The number of benzene rings is 2. The van der Waals surface area contributed by atoms with Gasteiger partial charge in [-0.15, -0.1) is 0 Å². The minimum absolute atomic E-state index is 0.168. The molecule has 0 amide bonds. The Labute approximate surface area is 174 Å². The molecule has 0 radical (unpaired) electrons. The molecule has 2 heterocycles. The normalized spacial score (nSPS) is 11.4. The molecule has 4 rings (SSSR count). The van der Waals surface area contributed by atoms with Crippen LogP contribution in [-0.2, 0) is 4.79 Å². The zero-order chi connectivity index (χ0) is 20.4. The zero-order valence-corrected chi connectivity index (χ0v) is 17.6. The van der Waals surface area contributed by atoms with Crippen LogP contribution in [0.25, 0.3) is 26.4 Å². The van der Waals surface area contributed by atoms with Gasteiger partial charge in [0.25, 0.3) is 0 Å². The molecule has 0 spiro atoms. The quantitative estimate of drug-likeness (QED) is 0.258. The predicted octanol–water partition coefficient (Wildman–Crippen LogP) is 6.25. The number of aryl methyl sites for hydroxylation is 1. The van der Waals surface area contributed by atoms with Crippen molar-refractivity contribution in [3.8, 4) is 11.3 Å². The topological polar surface area (TPSA) is 51.4 Å². The van der Waals surface area contributed by atoms with Crippen molar-refractivity contribution in [2.24, 2.45) is 0 Å². The molecule has 0 bridgehead atoms. The Morgan fingerprint density at radius 3 is 2.52 bits per heavy atom. The second kappa shape index (κ2) is 8.29. The van der Waals surface area contributed by atoms with Gasteiger partial charge in [0.2, 0.25) is 0 Å². The van der Waals surface area contributed by atoms with E-state index in [1.54, 1.807) is 18.3 Å². The average molecular weight is 405 g/mol. The molecular formula is C24H24N2O2S. The van der Waals surface area contributed by atoms with E-state index in [-0.39, 0.29) is 11.6 Å². The van der Waals surface area contributed by atoms with Crippen molar-refractivity contribution >= 4 is 38.1 Å². The van der Waals surface area contributed by atoms with Gasteiger partial charge < -0.3 is 4.79 Å². The number of imidazole rings is 1. The number of thiazole rings is 1. The van der Waals surface area contributed by atoms with Crippen LogP contribution in [0.2, 0.25) is 0 Å². The molecule has 0 fully saturated rings. The van der Waals surface area contributed by atoms with Gasteiger partial charge in [0.1, 0.15) is 5.78 Å². The highest BCUT2D eigenvalue weighted by molar-refractivity contribution is 7.23. The molecule has 2 aromatic carbocycles. The summed E-state index contributed by atoms with van der Waals surface area (Å²) >= 11 is 1.61. The summed E-state index contributed by atoms with van der Waals surface area (Å²) in [6.07, 6.45) is 5.83. The molecule has 5 heteroatoms. The number of carbonyl (C=O) groups is 2. The molecule has 0 saturated heterocycles. The molecule has 4 aromatic rings. The summed E-state index contributed by atoms with van der Waals surface area (Å²) in [4.78, 5) is 29.2. The van der Waals surface area contributed by atoms with Crippen LogP contribution < -0.4 is 0 Å². The number of fused-ring (bicyclic) bond motifs is 3. The Bertz CT molecular complexity index is 1190. The fourth-order valence-electron chi connectivity index (χ4n) is 3.52. The molecule has 0 aliphatic heterocycles. The largest absolute Gasteiger partial charge is 0.300 e. The van der Waals surface area contributed by atoms with Gasteiger partial charge >= 0.3 is 0 Å². The van der Waals surface area contributed by atoms with Gasteiger partial charge in [-0.2, -0.15) is 0 Å². The minimum Gasteiger partial charge on any atom is -0.300 e. The Hall–Kier alpha value is -2.79. The van der Waals surface area contributed by atoms with E-state index in [4.69, 9.17) is 4.98 Å². The number of hydrogen-bond acceptors (Lipinski definition) is 4. The van der Waals surface area contributed by atoms with Gasteiger partial charge in [0, 0.05) is 30.2 Å². The number of ketones is 2. The summed E-state index contributed by atoms with van der Waals surface area (Å²) in [6.45, 7) is 3.69. The summed E-state index contributed by atoms with van der Waals surface area (Å²) in [5.74, 6) is 0.385. The standard InChI is InChI=1S/C24H24N2O2S/c1-16-8-10-18(11-9-16)20-15-26-21-13-12-19(14-23(21)29-24(26)25-20)22(28)7-5-3-4-6-17(2)27/h8-15H,3-7H2,1-2H3. The lowest BCUT2D eigenvalue weighted by Crippen LogP contribution is -1.99. The number of carbonyl (C=O) groups excluding carboxylic acids is 2. The first-order valence-electron chi connectivity index (χ1n) is 10.0. The number of unbranched alkanes of at least 4 members (excludes halogenated alkanes) is 2. The lowest BCUT2D eigenvalue weighted by atomic mass is 10.0. The molecule has 0 N–H and O–H groups in total. The molecular weight excluding hydrogens is 380 g/mol. The Balaban J connectivity index is 1.50. The number of aromatic nitrogens is 2. The van der Waals surface area contributed by atoms with Crippen molar-refractivity contribution < 1.29 is 9.59 Å². The number of rotatable bonds is 8. The van der Waals surface area contributed by atoms with Gasteiger partial charge in [0.15, 0.2) is 10.7 Å². The highest BCUT2D eigenvalue weighted by Crippen LogP contribution is 2.30.